The highest BCUT2D eigenvalue weighted by molar-refractivity contribution is 6.08. The van der Waals surface area contributed by atoms with E-state index in [2.05, 4.69) is 14.5 Å². The number of ether oxygens (including phenoxy) is 1. The number of carbonyl (C=O) groups excluding carboxylic acids is 1. The highest BCUT2D eigenvalue weighted by Crippen LogP contribution is 2.32. The quantitative estimate of drug-likeness (QED) is 0.757. The number of methoxy groups -OCH3 is 1. The van der Waals surface area contributed by atoms with Crippen molar-refractivity contribution in [2.75, 3.05) is 20.2 Å². The van der Waals surface area contributed by atoms with Crippen molar-refractivity contribution >= 4 is 16.8 Å². The Balaban J connectivity index is 1.59. The molecule has 0 bridgehead atoms. The molecule has 7 nitrogen and oxygen atoms in total. The van der Waals surface area contributed by atoms with Gasteiger partial charge in [-0.3, -0.25) is 9.59 Å². The summed E-state index contributed by atoms with van der Waals surface area (Å²) in [5, 5.41) is 0.919. The van der Waals surface area contributed by atoms with E-state index < -0.39 is 0 Å². The average molecular weight is 380 g/mol. The lowest BCUT2D eigenvalue weighted by Gasteiger charge is -2.31. The molecule has 3 heterocycles. The van der Waals surface area contributed by atoms with Crippen molar-refractivity contribution in [3.8, 4) is 5.75 Å². The highest BCUT2D eigenvalue weighted by Gasteiger charge is 2.28. The fourth-order valence-corrected chi connectivity index (χ4v) is 4.09. The van der Waals surface area contributed by atoms with Crippen LogP contribution in [0.5, 0.6) is 5.75 Å². The van der Waals surface area contributed by atoms with Gasteiger partial charge in [-0.25, -0.2) is 4.98 Å². The molecule has 1 N–H and O–H groups in total. The fourth-order valence-electron chi connectivity index (χ4n) is 4.09. The molecule has 4 rings (SSSR count). The first kappa shape index (κ1) is 18.3. The third-order valence-electron chi connectivity index (χ3n) is 5.81. The van der Waals surface area contributed by atoms with Gasteiger partial charge < -0.3 is 19.2 Å². The van der Waals surface area contributed by atoms with Crippen molar-refractivity contribution in [3.05, 3.63) is 57.9 Å². The number of hydrogen-bond donors (Lipinski definition) is 1. The molecule has 1 aliphatic rings. The van der Waals surface area contributed by atoms with Gasteiger partial charge in [0.15, 0.2) is 0 Å². The lowest BCUT2D eigenvalue weighted by atomic mass is 9.93. The lowest BCUT2D eigenvalue weighted by molar-refractivity contribution is 0.0713. The molecule has 0 saturated carbocycles. The molecule has 1 fully saturated rings. The van der Waals surface area contributed by atoms with Crippen LogP contribution in [0.15, 0.2) is 35.4 Å². The Kier molecular flexibility index (Phi) is 4.66. The van der Waals surface area contributed by atoms with Crippen LogP contribution in [-0.2, 0) is 7.05 Å². The summed E-state index contributed by atoms with van der Waals surface area (Å²) in [6, 6.07) is 7.39. The Morgan fingerprint density at radius 2 is 2.00 bits per heavy atom. The van der Waals surface area contributed by atoms with Crippen LogP contribution >= 0.6 is 0 Å². The number of fused-ring (bicyclic) bond motifs is 1. The summed E-state index contributed by atoms with van der Waals surface area (Å²) in [4.78, 5) is 33.6. The highest BCUT2D eigenvalue weighted by atomic mass is 16.5. The first-order chi connectivity index (χ1) is 13.5. The summed E-state index contributed by atoms with van der Waals surface area (Å²) in [6.07, 6.45) is 3.05. The van der Waals surface area contributed by atoms with Crippen LogP contribution in [0.25, 0.3) is 10.9 Å². The number of aromatic amines is 1. The molecular formula is C21H24N4O3. The molecular weight excluding hydrogens is 356 g/mol. The van der Waals surface area contributed by atoms with Crippen molar-refractivity contribution in [3.63, 3.8) is 0 Å². The number of rotatable bonds is 3. The van der Waals surface area contributed by atoms with Crippen molar-refractivity contribution < 1.29 is 9.53 Å². The number of aromatic nitrogens is 3. The van der Waals surface area contributed by atoms with E-state index in [9.17, 15) is 9.59 Å². The van der Waals surface area contributed by atoms with E-state index in [1.807, 2.05) is 37.1 Å². The van der Waals surface area contributed by atoms with E-state index in [1.165, 1.54) is 6.33 Å². The van der Waals surface area contributed by atoms with Crippen LogP contribution < -0.4 is 10.3 Å². The Labute approximate surface area is 163 Å². The number of H-pyrrole nitrogens is 1. The molecule has 1 amide bonds. The van der Waals surface area contributed by atoms with Gasteiger partial charge in [0.25, 0.3) is 11.5 Å². The number of aryl methyl sites for hydroxylation is 1. The molecule has 0 radical (unpaired) electrons. The van der Waals surface area contributed by atoms with E-state index in [0.717, 1.165) is 46.4 Å². The first-order valence-electron chi connectivity index (χ1n) is 9.46. The zero-order chi connectivity index (χ0) is 19.8. The number of amides is 1. The maximum absolute atomic E-state index is 13.3. The topological polar surface area (TPSA) is 80.2 Å². The number of carbonyl (C=O) groups is 1. The summed E-state index contributed by atoms with van der Waals surface area (Å²) < 4.78 is 7.41. The van der Waals surface area contributed by atoms with Gasteiger partial charge in [0.05, 0.1) is 24.7 Å². The number of benzene rings is 1. The summed E-state index contributed by atoms with van der Waals surface area (Å²) in [5.74, 6) is 1.000. The van der Waals surface area contributed by atoms with Gasteiger partial charge in [0.2, 0.25) is 0 Å². The normalized spacial score (nSPS) is 15.2. The average Bonchev–Trinajstić information content (AvgIpc) is 2.97. The molecule has 1 aliphatic heterocycles. The summed E-state index contributed by atoms with van der Waals surface area (Å²) in [6.45, 7) is 3.28. The Bertz CT molecular complexity index is 1090. The van der Waals surface area contributed by atoms with Crippen LogP contribution in [0.4, 0.5) is 0 Å². The van der Waals surface area contributed by atoms with E-state index in [1.54, 1.807) is 13.2 Å². The second-order valence-electron chi connectivity index (χ2n) is 7.30. The van der Waals surface area contributed by atoms with Crippen LogP contribution in [0.2, 0.25) is 0 Å². The predicted molar refractivity (Wildman–Crippen MR) is 107 cm³/mol. The number of nitrogens with one attached hydrogen (secondary N) is 1. The molecule has 1 aromatic carbocycles. The summed E-state index contributed by atoms with van der Waals surface area (Å²) in [5.41, 5.74) is 3.38. The van der Waals surface area contributed by atoms with Crippen LogP contribution in [0.3, 0.4) is 0 Å². The van der Waals surface area contributed by atoms with Gasteiger partial charge >= 0.3 is 0 Å². The summed E-state index contributed by atoms with van der Waals surface area (Å²) >= 11 is 0. The Morgan fingerprint density at radius 1 is 1.25 bits per heavy atom. The molecule has 3 aromatic rings. The third-order valence-corrected chi connectivity index (χ3v) is 5.81. The molecule has 7 heteroatoms. The largest absolute Gasteiger partial charge is 0.497 e. The minimum atomic E-state index is -0.135. The van der Waals surface area contributed by atoms with Gasteiger partial charge in [-0.1, -0.05) is 0 Å². The molecule has 0 unspecified atom stereocenters. The molecule has 0 aliphatic carbocycles. The lowest BCUT2D eigenvalue weighted by Crippen LogP contribution is -2.38. The maximum Gasteiger partial charge on any atom is 0.256 e. The SMILES string of the molecule is COc1ccc2c(c1)c(C(=O)N1CCC(c3cc(=O)[nH]cn3)CC1)c(C)n2C. The molecule has 0 atom stereocenters. The number of nitrogens with zero attached hydrogens (tertiary/aromatic N) is 3. The van der Waals surface area contributed by atoms with Gasteiger partial charge in [-0.15, -0.1) is 0 Å². The van der Waals surface area contributed by atoms with Gasteiger partial charge in [-0.2, -0.15) is 0 Å². The predicted octanol–water partition coefficient (Wildman–Crippen LogP) is 2.60. The van der Waals surface area contributed by atoms with E-state index in [-0.39, 0.29) is 17.4 Å². The van der Waals surface area contributed by atoms with Crippen LogP contribution in [0.1, 0.15) is 40.5 Å². The molecule has 28 heavy (non-hydrogen) atoms. The van der Waals surface area contributed by atoms with E-state index in [0.29, 0.717) is 13.1 Å². The second kappa shape index (κ2) is 7.14. The first-order valence-corrected chi connectivity index (χ1v) is 9.46. The van der Waals surface area contributed by atoms with Crippen molar-refractivity contribution in [1.29, 1.82) is 0 Å². The number of hydrogen-bond acceptors (Lipinski definition) is 4. The van der Waals surface area contributed by atoms with Gasteiger partial charge in [0, 0.05) is 48.7 Å². The van der Waals surface area contributed by atoms with Gasteiger partial charge in [-0.05, 0) is 38.0 Å². The van der Waals surface area contributed by atoms with E-state index >= 15 is 0 Å². The van der Waals surface area contributed by atoms with Crippen molar-refractivity contribution in [1.82, 2.24) is 19.4 Å². The maximum atomic E-state index is 13.3. The monoisotopic (exact) mass is 380 g/mol. The van der Waals surface area contributed by atoms with Gasteiger partial charge in [0.1, 0.15) is 5.75 Å². The Morgan fingerprint density at radius 3 is 2.68 bits per heavy atom. The zero-order valence-electron chi connectivity index (χ0n) is 16.4. The van der Waals surface area contributed by atoms with Crippen LogP contribution in [-0.4, -0.2) is 45.5 Å². The Hall–Kier alpha value is -3.09. The molecule has 2 aromatic heterocycles. The minimum Gasteiger partial charge on any atom is -0.497 e. The molecule has 1 saturated heterocycles. The molecule has 146 valence electrons. The molecule has 0 spiro atoms. The fraction of sp³-hybridized carbons (Fsp3) is 0.381. The summed E-state index contributed by atoms with van der Waals surface area (Å²) in [7, 11) is 3.61. The minimum absolute atomic E-state index is 0.0497. The third kappa shape index (κ3) is 3.06. The standard InChI is InChI=1S/C21H24N4O3/c1-13-20(16-10-15(28-3)4-5-18(16)24(13)2)21(27)25-8-6-14(7-9-25)17-11-19(26)23-12-22-17/h4-5,10-12,14H,6-9H2,1-3H3,(H,22,23,26). The zero-order valence-corrected chi connectivity index (χ0v) is 16.4. The van der Waals surface area contributed by atoms with Crippen molar-refractivity contribution in [2.45, 2.75) is 25.7 Å². The van der Waals surface area contributed by atoms with Crippen molar-refractivity contribution in [2.24, 2.45) is 7.05 Å². The van der Waals surface area contributed by atoms with E-state index in [4.69, 9.17) is 4.74 Å². The number of piperidine rings is 1. The number of likely N-dealkylation sites (tertiary alicyclic amines) is 1. The smallest absolute Gasteiger partial charge is 0.256 e. The van der Waals surface area contributed by atoms with Crippen LogP contribution in [0, 0.1) is 6.92 Å². The second-order valence-corrected chi connectivity index (χ2v) is 7.30.